The van der Waals surface area contributed by atoms with Crippen molar-refractivity contribution in [1.82, 2.24) is 0 Å². The molecule has 2 nitrogen and oxygen atoms in total. The van der Waals surface area contributed by atoms with Crippen LogP contribution in [0.3, 0.4) is 0 Å². The number of carbonyl (C=O) groups excluding carboxylic acids is 1. The number of hydrogen-bond donors (Lipinski definition) is 1. The average Bonchev–Trinajstić information content (AvgIpc) is 2.20. The third-order valence-electron chi connectivity index (χ3n) is 2.46. The van der Waals surface area contributed by atoms with E-state index in [9.17, 15) is 4.79 Å². The van der Waals surface area contributed by atoms with Crippen LogP contribution in [0, 0.1) is 5.92 Å². The van der Waals surface area contributed by atoms with E-state index in [1.165, 1.54) is 0 Å². The van der Waals surface area contributed by atoms with Gasteiger partial charge in [-0.15, -0.1) is 0 Å². The van der Waals surface area contributed by atoms with Crippen LogP contribution >= 0.6 is 15.9 Å². The lowest BCUT2D eigenvalue weighted by molar-refractivity contribution is -0.120. The molecule has 88 valence electrons. The van der Waals surface area contributed by atoms with Crippen molar-refractivity contribution in [3.8, 4) is 0 Å². The van der Waals surface area contributed by atoms with Crippen molar-refractivity contribution in [3.63, 3.8) is 0 Å². The molecule has 1 unspecified atom stereocenters. The second kappa shape index (κ2) is 6.16. The standard InChI is InChI=1S/C13H18BrNO/c1-9(2)7-12(15)13(16)8-10-5-3-4-6-11(10)14/h3-6,9,12H,7-8,15H2,1-2H3. The molecular formula is C13H18BrNO. The van der Waals surface area contributed by atoms with Gasteiger partial charge in [-0.25, -0.2) is 0 Å². The van der Waals surface area contributed by atoms with Crippen LogP contribution in [-0.2, 0) is 11.2 Å². The van der Waals surface area contributed by atoms with E-state index in [0.717, 1.165) is 16.5 Å². The quantitative estimate of drug-likeness (QED) is 0.903. The Hall–Kier alpha value is -0.670. The van der Waals surface area contributed by atoms with Gasteiger partial charge >= 0.3 is 0 Å². The molecule has 0 aromatic heterocycles. The summed E-state index contributed by atoms with van der Waals surface area (Å²) < 4.78 is 0.972. The summed E-state index contributed by atoms with van der Waals surface area (Å²) in [5.41, 5.74) is 6.86. The summed E-state index contributed by atoms with van der Waals surface area (Å²) in [6.45, 7) is 4.15. The monoisotopic (exact) mass is 283 g/mol. The van der Waals surface area contributed by atoms with Gasteiger partial charge in [0.25, 0.3) is 0 Å². The predicted octanol–water partition coefficient (Wildman–Crippen LogP) is 2.93. The lowest BCUT2D eigenvalue weighted by atomic mass is 9.97. The lowest BCUT2D eigenvalue weighted by Gasteiger charge is -2.13. The summed E-state index contributed by atoms with van der Waals surface area (Å²) in [4.78, 5) is 11.9. The van der Waals surface area contributed by atoms with Crippen LogP contribution in [-0.4, -0.2) is 11.8 Å². The molecule has 0 spiro atoms. The summed E-state index contributed by atoms with van der Waals surface area (Å²) in [5, 5.41) is 0. The Kier molecular flexibility index (Phi) is 5.16. The highest BCUT2D eigenvalue weighted by molar-refractivity contribution is 9.10. The van der Waals surface area contributed by atoms with Crippen molar-refractivity contribution in [2.75, 3.05) is 0 Å². The van der Waals surface area contributed by atoms with Crippen LogP contribution in [0.25, 0.3) is 0 Å². The van der Waals surface area contributed by atoms with Crippen LogP contribution in [0.1, 0.15) is 25.8 Å². The number of Topliss-reactive ketones (excluding diaryl/α,β-unsaturated/α-hetero) is 1. The number of ketones is 1. The first-order chi connectivity index (χ1) is 7.50. The zero-order valence-corrected chi connectivity index (χ0v) is 11.3. The third-order valence-corrected chi connectivity index (χ3v) is 3.24. The Morgan fingerprint density at radius 3 is 2.56 bits per heavy atom. The maximum absolute atomic E-state index is 11.9. The zero-order chi connectivity index (χ0) is 12.1. The largest absolute Gasteiger partial charge is 0.321 e. The van der Waals surface area contributed by atoms with Gasteiger partial charge in [-0.3, -0.25) is 4.79 Å². The number of carbonyl (C=O) groups is 1. The first-order valence-corrected chi connectivity index (χ1v) is 6.31. The fourth-order valence-corrected chi connectivity index (χ4v) is 2.02. The fourth-order valence-electron chi connectivity index (χ4n) is 1.60. The Labute approximate surface area is 105 Å². The molecule has 1 aromatic rings. The zero-order valence-electron chi connectivity index (χ0n) is 9.74. The van der Waals surface area contributed by atoms with Gasteiger partial charge in [-0.05, 0) is 24.0 Å². The van der Waals surface area contributed by atoms with Gasteiger partial charge < -0.3 is 5.73 Å². The van der Waals surface area contributed by atoms with E-state index in [0.29, 0.717) is 12.3 Å². The molecule has 1 atom stereocenters. The number of rotatable bonds is 5. The van der Waals surface area contributed by atoms with Crippen molar-refractivity contribution in [1.29, 1.82) is 0 Å². The molecule has 0 saturated carbocycles. The van der Waals surface area contributed by atoms with Gasteiger partial charge in [0.15, 0.2) is 5.78 Å². The maximum atomic E-state index is 11.9. The van der Waals surface area contributed by atoms with Gasteiger partial charge in [0, 0.05) is 10.9 Å². The summed E-state index contributed by atoms with van der Waals surface area (Å²) >= 11 is 3.43. The topological polar surface area (TPSA) is 43.1 Å². The molecule has 0 saturated heterocycles. The second-order valence-electron chi connectivity index (χ2n) is 4.47. The molecule has 0 amide bonds. The molecule has 3 heteroatoms. The maximum Gasteiger partial charge on any atom is 0.153 e. The van der Waals surface area contributed by atoms with E-state index in [1.807, 2.05) is 24.3 Å². The molecule has 0 aliphatic rings. The molecule has 0 bridgehead atoms. The van der Waals surface area contributed by atoms with Crippen LogP contribution < -0.4 is 5.73 Å². The highest BCUT2D eigenvalue weighted by Gasteiger charge is 2.16. The van der Waals surface area contributed by atoms with Crippen LogP contribution in [0.15, 0.2) is 28.7 Å². The van der Waals surface area contributed by atoms with Gasteiger partial charge in [0.2, 0.25) is 0 Å². The normalized spacial score (nSPS) is 12.8. The van der Waals surface area contributed by atoms with E-state index < -0.39 is 0 Å². The number of halogens is 1. The number of hydrogen-bond acceptors (Lipinski definition) is 2. The van der Waals surface area contributed by atoms with E-state index in [-0.39, 0.29) is 11.8 Å². The highest BCUT2D eigenvalue weighted by Crippen LogP contribution is 2.17. The molecule has 0 heterocycles. The molecule has 16 heavy (non-hydrogen) atoms. The first-order valence-electron chi connectivity index (χ1n) is 5.52. The molecule has 0 aliphatic heterocycles. The average molecular weight is 284 g/mol. The van der Waals surface area contributed by atoms with Crippen LogP contribution in [0.4, 0.5) is 0 Å². The predicted molar refractivity (Wildman–Crippen MR) is 70.3 cm³/mol. The number of nitrogens with two attached hydrogens (primary N) is 1. The fraction of sp³-hybridized carbons (Fsp3) is 0.462. The van der Waals surface area contributed by atoms with Gasteiger partial charge in [0.05, 0.1) is 6.04 Å². The summed E-state index contributed by atoms with van der Waals surface area (Å²) in [5.74, 6) is 0.568. The van der Waals surface area contributed by atoms with Gasteiger partial charge in [0.1, 0.15) is 0 Å². The van der Waals surface area contributed by atoms with Gasteiger partial charge in [-0.1, -0.05) is 48.0 Å². The number of benzene rings is 1. The first kappa shape index (κ1) is 13.4. The SMILES string of the molecule is CC(C)CC(N)C(=O)Cc1ccccc1Br. The molecule has 0 aliphatic carbocycles. The molecule has 2 N–H and O–H groups in total. The Morgan fingerprint density at radius 2 is 2.00 bits per heavy atom. The lowest BCUT2D eigenvalue weighted by Crippen LogP contribution is -2.33. The van der Waals surface area contributed by atoms with Crippen molar-refractivity contribution in [3.05, 3.63) is 34.3 Å². The van der Waals surface area contributed by atoms with Crippen LogP contribution in [0.5, 0.6) is 0 Å². The van der Waals surface area contributed by atoms with E-state index in [1.54, 1.807) is 0 Å². The molecule has 0 fully saturated rings. The van der Waals surface area contributed by atoms with Crippen molar-refractivity contribution >= 4 is 21.7 Å². The minimum Gasteiger partial charge on any atom is -0.321 e. The smallest absolute Gasteiger partial charge is 0.153 e. The van der Waals surface area contributed by atoms with Crippen molar-refractivity contribution in [2.24, 2.45) is 11.7 Å². The Balaban J connectivity index is 2.61. The molecular weight excluding hydrogens is 266 g/mol. The molecule has 1 aromatic carbocycles. The van der Waals surface area contributed by atoms with Crippen molar-refractivity contribution < 1.29 is 4.79 Å². The van der Waals surface area contributed by atoms with E-state index >= 15 is 0 Å². The molecule has 0 radical (unpaired) electrons. The highest BCUT2D eigenvalue weighted by atomic mass is 79.9. The van der Waals surface area contributed by atoms with Crippen molar-refractivity contribution in [2.45, 2.75) is 32.7 Å². The molecule has 1 rings (SSSR count). The Morgan fingerprint density at radius 1 is 1.38 bits per heavy atom. The van der Waals surface area contributed by atoms with Gasteiger partial charge in [-0.2, -0.15) is 0 Å². The summed E-state index contributed by atoms with van der Waals surface area (Å²) in [6, 6.07) is 7.42. The summed E-state index contributed by atoms with van der Waals surface area (Å²) in [6.07, 6.45) is 1.17. The second-order valence-corrected chi connectivity index (χ2v) is 5.32. The van der Waals surface area contributed by atoms with E-state index in [2.05, 4.69) is 29.8 Å². The minimum absolute atomic E-state index is 0.112. The Bertz CT molecular complexity index is 363. The van der Waals surface area contributed by atoms with E-state index in [4.69, 9.17) is 5.73 Å². The minimum atomic E-state index is -0.341. The van der Waals surface area contributed by atoms with Crippen LogP contribution in [0.2, 0.25) is 0 Å². The third kappa shape index (κ3) is 4.06. The summed E-state index contributed by atoms with van der Waals surface area (Å²) in [7, 11) is 0.